The van der Waals surface area contributed by atoms with Crippen LogP contribution in [0.4, 0.5) is 5.69 Å². The van der Waals surface area contributed by atoms with Crippen molar-refractivity contribution in [3.8, 4) is 0 Å². The Kier molecular flexibility index (Phi) is 5.69. The molecule has 3 unspecified atom stereocenters. The lowest BCUT2D eigenvalue weighted by Gasteiger charge is -2.37. The lowest BCUT2D eigenvalue weighted by molar-refractivity contribution is 0.0948. The fraction of sp³-hybridized carbons (Fsp3) is 0.348. The molecule has 0 fully saturated rings. The summed E-state index contributed by atoms with van der Waals surface area (Å²) in [7, 11) is 1.67. The summed E-state index contributed by atoms with van der Waals surface area (Å²) in [6.45, 7) is 1.26. The fourth-order valence-corrected chi connectivity index (χ4v) is 4.48. The van der Waals surface area contributed by atoms with Gasteiger partial charge in [-0.1, -0.05) is 35.9 Å². The molecule has 1 aliphatic carbocycles. The minimum absolute atomic E-state index is 0.0330. The van der Waals surface area contributed by atoms with E-state index >= 15 is 0 Å². The van der Waals surface area contributed by atoms with Crippen LogP contribution in [0.2, 0.25) is 5.02 Å². The summed E-state index contributed by atoms with van der Waals surface area (Å²) < 4.78 is 5.03. The molecule has 0 saturated carbocycles. The van der Waals surface area contributed by atoms with E-state index in [0.717, 1.165) is 23.6 Å². The van der Waals surface area contributed by atoms with E-state index in [1.807, 2.05) is 36.4 Å². The summed E-state index contributed by atoms with van der Waals surface area (Å²) in [5.74, 6) is 0.696. The smallest absolute Gasteiger partial charge is 0.251 e. The third kappa shape index (κ3) is 3.80. The van der Waals surface area contributed by atoms with Crippen LogP contribution in [0.25, 0.3) is 0 Å². The molecule has 0 spiro atoms. The highest BCUT2D eigenvalue weighted by molar-refractivity contribution is 6.30. The van der Waals surface area contributed by atoms with Crippen molar-refractivity contribution >= 4 is 23.2 Å². The SMILES string of the molecule is COCCCNC(=O)c1ccc2c(c1)C1C=CCC1C(c1cccc(Cl)c1)N2. The van der Waals surface area contributed by atoms with Crippen LogP contribution in [0.3, 0.4) is 0 Å². The Labute approximate surface area is 170 Å². The van der Waals surface area contributed by atoms with Crippen molar-refractivity contribution in [2.24, 2.45) is 5.92 Å². The minimum atomic E-state index is -0.0330. The Morgan fingerprint density at radius 1 is 1.29 bits per heavy atom. The number of methoxy groups -OCH3 is 1. The highest BCUT2D eigenvalue weighted by Crippen LogP contribution is 2.50. The van der Waals surface area contributed by atoms with Crippen molar-refractivity contribution in [1.29, 1.82) is 0 Å². The van der Waals surface area contributed by atoms with Crippen molar-refractivity contribution in [3.05, 3.63) is 76.3 Å². The van der Waals surface area contributed by atoms with Crippen LogP contribution in [-0.4, -0.2) is 26.2 Å². The molecule has 2 aromatic rings. The predicted molar refractivity (Wildman–Crippen MR) is 113 cm³/mol. The first-order chi connectivity index (χ1) is 13.7. The van der Waals surface area contributed by atoms with Gasteiger partial charge < -0.3 is 15.4 Å². The number of ether oxygens (including phenoxy) is 1. The van der Waals surface area contributed by atoms with Crippen LogP contribution in [0.5, 0.6) is 0 Å². The van der Waals surface area contributed by atoms with Crippen LogP contribution in [-0.2, 0) is 4.74 Å². The second kappa shape index (κ2) is 8.38. The monoisotopic (exact) mass is 396 g/mol. The Balaban J connectivity index is 1.57. The van der Waals surface area contributed by atoms with Crippen LogP contribution >= 0.6 is 11.6 Å². The van der Waals surface area contributed by atoms with Gasteiger partial charge >= 0.3 is 0 Å². The molecule has 0 radical (unpaired) electrons. The first-order valence-corrected chi connectivity index (χ1v) is 10.1. The van der Waals surface area contributed by atoms with Crippen LogP contribution < -0.4 is 10.6 Å². The van der Waals surface area contributed by atoms with Gasteiger partial charge in [0.1, 0.15) is 0 Å². The number of anilines is 1. The predicted octanol–water partition coefficient (Wildman–Crippen LogP) is 4.93. The highest BCUT2D eigenvalue weighted by Gasteiger charge is 2.38. The standard InChI is InChI=1S/C23H25ClN2O2/c1-28-12-4-11-25-23(27)16-9-10-21-20(14-16)18-7-3-8-19(18)22(26-21)15-5-2-6-17(24)13-15/h2-3,5-7,9-10,13-14,18-19,22,26H,4,8,11-12H2,1H3,(H,25,27). The van der Waals surface area contributed by atoms with E-state index in [4.69, 9.17) is 16.3 Å². The molecule has 4 rings (SSSR count). The third-order valence-corrected chi connectivity index (χ3v) is 5.88. The van der Waals surface area contributed by atoms with E-state index in [0.29, 0.717) is 30.6 Å². The Morgan fingerprint density at radius 3 is 3.00 bits per heavy atom. The maximum absolute atomic E-state index is 12.5. The number of halogens is 1. The summed E-state index contributed by atoms with van der Waals surface area (Å²) in [5, 5.41) is 7.42. The zero-order valence-electron chi connectivity index (χ0n) is 16.0. The van der Waals surface area contributed by atoms with E-state index < -0.39 is 0 Å². The van der Waals surface area contributed by atoms with Crippen LogP contribution in [0.15, 0.2) is 54.6 Å². The van der Waals surface area contributed by atoms with Gasteiger partial charge in [0.2, 0.25) is 0 Å². The van der Waals surface area contributed by atoms with Crippen LogP contribution in [0.1, 0.15) is 46.3 Å². The molecule has 3 atom stereocenters. The van der Waals surface area contributed by atoms with Gasteiger partial charge in [-0.3, -0.25) is 4.79 Å². The minimum Gasteiger partial charge on any atom is -0.385 e. The lowest BCUT2D eigenvalue weighted by Crippen LogP contribution is -2.30. The van der Waals surface area contributed by atoms with Crippen molar-refractivity contribution in [3.63, 3.8) is 0 Å². The number of allylic oxidation sites excluding steroid dienone is 2. The number of fused-ring (bicyclic) bond motifs is 3. The third-order valence-electron chi connectivity index (χ3n) is 5.64. The van der Waals surface area contributed by atoms with Crippen molar-refractivity contribution in [1.82, 2.24) is 5.32 Å². The molecule has 0 bridgehead atoms. The lowest BCUT2D eigenvalue weighted by atomic mass is 9.76. The molecular formula is C23H25ClN2O2. The Hall–Kier alpha value is -2.30. The molecule has 4 nitrogen and oxygen atoms in total. The molecule has 28 heavy (non-hydrogen) atoms. The molecule has 2 aliphatic rings. The first kappa shape index (κ1) is 19.0. The number of amides is 1. The van der Waals surface area contributed by atoms with Gasteiger partial charge in [0.15, 0.2) is 0 Å². The maximum atomic E-state index is 12.5. The number of carbonyl (C=O) groups excluding carboxylic acids is 1. The topological polar surface area (TPSA) is 50.4 Å². The van der Waals surface area contributed by atoms with E-state index in [1.165, 1.54) is 11.1 Å². The number of rotatable bonds is 6. The van der Waals surface area contributed by atoms with E-state index in [9.17, 15) is 4.79 Å². The Bertz CT molecular complexity index is 896. The Morgan fingerprint density at radius 2 is 2.18 bits per heavy atom. The van der Waals surface area contributed by atoms with Gasteiger partial charge in [-0.25, -0.2) is 0 Å². The molecule has 1 amide bonds. The van der Waals surface area contributed by atoms with Crippen molar-refractivity contribution in [2.45, 2.75) is 24.8 Å². The maximum Gasteiger partial charge on any atom is 0.251 e. The van der Waals surface area contributed by atoms with Crippen molar-refractivity contribution < 1.29 is 9.53 Å². The van der Waals surface area contributed by atoms with Gasteiger partial charge in [-0.15, -0.1) is 0 Å². The number of carbonyl (C=O) groups is 1. The number of nitrogens with one attached hydrogen (secondary N) is 2. The average Bonchev–Trinajstić information content (AvgIpc) is 3.20. The molecule has 0 aromatic heterocycles. The summed E-state index contributed by atoms with van der Waals surface area (Å²) in [4.78, 5) is 12.5. The van der Waals surface area contributed by atoms with Gasteiger partial charge in [0.05, 0.1) is 6.04 Å². The molecule has 1 aliphatic heterocycles. The largest absolute Gasteiger partial charge is 0.385 e. The average molecular weight is 397 g/mol. The number of hydrogen-bond acceptors (Lipinski definition) is 3. The second-order valence-electron chi connectivity index (χ2n) is 7.43. The highest BCUT2D eigenvalue weighted by atomic mass is 35.5. The molecule has 1 heterocycles. The second-order valence-corrected chi connectivity index (χ2v) is 7.87. The summed E-state index contributed by atoms with van der Waals surface area (Å²) in [6.07, 6.45) is 6.36. The summed E-state index contributed by atoms with van der Waals surface area (Å²) >= 11 is 6.23. The molecule has 5 heteroatoms. The number of benzene rings is 2. The quantitative estimate of drug-likeness (QED) is 0.537. The molecule has 2 N–H and O–H groups in total. The number of hydrogen-bond donors (Lipinski definition) is 2. The first-order valence-electron chi connectivity index (χ1n) is 9.77. The zero-order valence-corrected chi connectivity index (χ0v) is 16.7. The van der Waals surface area contributed by atoms with Gasteiger partial charge in [-0.05, 0) is 60.2 Å². The van der Waals surface area contributed by atoms with E-state index in [-0.39, 0.29) is 11.9 Å². The van der Waals surface area contributed by atoms with Gasteiger partial charge in [0, 0.05) is 42.5 Å². The van der Waals surface area contributed by atoms with Gasteiger partial charge in [-0.2, -0.15) is 0 Å². The molecular weight excluding hydrogens is 372 g/mol. The normalized spacial score (nSPS) is 22.3. The van der Waals surface area contributed by atoms with E-state index in [2.05, 4.69) is 28.9 Å². The molecule has 146 valence electrons. The summed E-state index contributed by atoms with van der Waals surface area (Å²) in [5.41, 5.74) is 4.20. The van der Waals surface area contributed by atoms with E-state index in [1.54, 1.807) is 7.11 Å². The zero-order chi connectivity index (χ0) is 19.5. The van der Waals surface area contributed by atoms with Gasteiger partial charge in [0.25, 0.3) is 5.91 Å². The fourth-order valence-electron chi connectivity index (χ4n) is 4.29. The molecule has 0 saturated heterocycles. The molecule has 2 aromatic carbocycles. The summed E-state index contributed by atoms with van der Waals surface area (Å²) in [6, 6.07) is 14.3. The van der Waals surface area contributed by atoms with Crippen molar-refractivity contribution in [2.75, 3.05) is 25.6 Å². The van der Waals surface area contributed by atoms with Crippen LogP contribution in [0, 0.1) is 5.92 Å².